The molecule has 0 bridgehead atoms. The molecule has 0 radical (unpaired) electrons. The highest BCUT2D eigenvalue weighted by Gasteiger charge is 2.27. The summed E-state index contributed by atoms with van der Waals surface area (Å²) in [7, 11) is 0. The SMILES string of the molecule is Cc1c(C(C)(C)C)s/c(=N\C(=O)c2cc(I)ccc2F)n1CC1CC1. The lowest BCUT2D eigenvalue weighted by Gasteiger charge is -2.17. The Bertz CT molecular complexity index is 888. The molecule has 25 heavy (non-hydrogen) atoms. The zero-order valence-corrected chi connectivity index (χ0v) is 17.9. The second-order valence-corrected chi connectivity index (χ2v) is 9.87. The molecule has 134 valence electrons. The number of amides is 1. The second kappa shape index (κ2) is 6.95. The predicted octanol–water partition coefficient (Wildman–Crippen LogP) is 5.05. The molecule has 3 nitrogen and oxygen atoms in total. The Hall–Kier alpha value is -1.02. The van der Waals surface area contributed by atoms with Crippen molar-refractivity contribution >= 4 is 39.8 Å². The molecule has 3 rings (SSSR count). The molecule has 1 amide bonds. The van der Waals surface area contributed by atoms with Gasteiger partial charge in [-0.2, -0.15) is 4.99 Å². The van der Waals surface area contributed by atoms with Crippen molar-refractivity contribution in [3.05, 3.63) is 48.5 Å². The number of carbonyl (C=O) groups is 1. The van der Waals surface area contributed by atoms with Gasteiger partial charge in [-0.05, 0) is 71.9 Å². The molecular formula is C19H22FIN2OS. The number of carbonyl (C=O) groups excluding carboxylic acids is 1. The summed E-state index contributed by atoms with van der Waals surface area (Å²) >= 11 is 3.62. The summed E-state index contributed by atoms with van der Waals surface area (Å²) in [6.07, 6.45) is 2.46. The lowest BCUT2D eigenvalue weighted by molar-refractivity contribution is 0.0993. The summed E-state index contributed by atoms with van der Waals surface area (Å²) < 4.78 is 17.0. The molecule has 1 saturated carbocycles. The van der Waals surface area contributed by atoms with Crippen molar-refractivity contribution in [3.8, 4) is 0 Å². The van der Waals surface area contributed by atoms with E-state index in [1.54, 1.807) is 23.5 Å². The fourth-order valence-corrected chi connectivity index (χ4v) is 4.54. The Labute approximate surface area is 165 Å². The van der Waals surface area contributed by atoms with Gasteiger partial charge in [0.2, 0.25) is 0 Å². The molecule has 0 spiro atoms. The van der Waals surface area contributed by atoms with E-state index in [0.717, 1.165) is 10.1 Å². The molecule has 0 saturated heterocycles. The van der Waals surface area contributed by atoms with Gasteiger partial charge in [0.15, 0.2) is 4.80 Å². The number of aromatic nitrogens is 1. The molecule has 0 N–H and O–H groups in total. The van der Waals surface area contributed by atoms with Gasteiger partial charge in [0.05, 0.1) is 5.56 Å². The average Bonchev–Trinajstić information content (AvgIpc) is 3.28. The van der Waals surface area contributed by atoms with Gasteiger partial charge in [-0.25, -0.2) is 4.39 Å². The molecule has 6 heteroatoms. The van der Waals surface area contributed by atoms with Crippen LogP contribution in [0.1, 0.15) is 54.5 Å². The van der Waals surface area contributed by atoms with Crippen LogP contribution in [0.4, 0.5) is 4.39 Å². The molecule has 1 heterocycles. The molecule has 0 aliphatic heterocycles. The summed E-state index contributed by atoms with van der Waals surface area (Å²) in [6.45, 7) is 9.47. The average molecular weight is 472 g/mol. The van der Waals surface area contributed by atoms with Gasteiger partial charge in [0.25, 0.3) is 5.91 Å². The van der Waals surface area contributed by atoms with E-state index in [9.17, 15) is 9.18 Å². The number of hydrogen-bond acceptors (Lipinski definition) is 2. The van der Waals surface area contributed by atoms with Crippen LogP contribution >= 0.6 is 33.9 Å². The van der Waals surface area contributed by atoms with Crippen molar-refractivity contribution in [2.75, 3.05) is 0 Å². The van der Waals surface area contributed by atoms with Crippen LogP contribution < -0.4 is 4.80 Å². The molecule has 2 aromatic rings. The van der Waals surface area contributed by atoms with E-state index in [4.69, 9.17) is 0 Å². The maximum atomic E-state index is 14.0. The van der Waals surface area contributed by atoms with Crippen molar-refractivity contribution in [1.29, 1.82) is 0 Å². The third-order valence-electron chi connectivity index (χ3n) is 4.33. The van der Waals surface area contributed by atoms with Crippen LogP contribution in [-0.2, 0) is 12.0 Å². The molecule has 1 fully saturated rings. The number of rotatable bonds is 3. The molecular weight excluding hydrogens is 450 g/mol. The van der Waals surface area contributed by atoms with Crippen LogP contribution in [-0.4, -0.2) is 10.5 Å². The number of nitrogens with zero attached hydrogens (tertiary/aromatic N) is 2. The zero-order valence-electron chi connectivity index (χ0n) is 14.9. The first-order valence-electron chi connectivity index (χ1n) is 8.41. The van der Waals surface area contributed by atoms with Crippen molar-refractivity contribution in [2.24, 2.45) is 10.9 Å². The highest BCUT2D eigenvalue weighted by atomic mass is 127. The molecule has 1 aliphatic carbocycles. The fraction of sp³-hybridized carbons (Fsp3) is 0.474. The van der Waals surface area contributed by atoms with Crippen LogP contribution in [0.15, 0.2) is 23.2 Å². The normalized spacial score (nSPS) is 15.7. The van der Waals surface area contributed by atoms with E-state index in [-0.39, 0.29) is 11.0 Å². The maximum Gasteiger partial charge on any atom is 0.282 e. The quantitative estimate of drug-likeness (QED) is 0.576. The van der Waals surface area contributed by atoms with Gasteiger partial charge in [0, 0.05) is 20.7 Å². The highest BCUT2D eigenvalue weighted by Crippen LogP contribution is 2.33. The van der Waals surface area contributed by atoms with E-state index in [2.05, 4.69) is 59.8 Å². The van der Waals surface area contributed by atoms with Gasteiger partial charge in [-0.15, -0.1) is 11.3 Å². The third kappa shape index (κ3) is 4.22. The second-order valence-electron chi connectivity index (χ2n) is 7.64. The van der Waals surface area contributed by atoms with E-state index in [1.165, 1.54) is 29.5 Å². The smallest absolute Gasteiger partial charge is 0.282 e. The topological polar surface area (TPSA) is 34.4 Å². The Morgan fingerprint density at radius 1 is 1.40 bits per heavy atom. The standard InChI is InChI=1S/C19H22FIN2OS/c1-11-16(19(2,3)4)25-18(23(11)10-12-5-6-12)22-17(24)14-9-13(21)7-8-15(14)20/h7-9,12H,5-6,10H2,1-4H3/b22-18-. The first-order valence-corrected chi connectivity index (χ1v) is 10.3. The summed E-state index contributed by atoms with van der Waals surface area (Å²) in [4.78, 5) is 18.8. The molecule has 1 aliphatic rings. The molecule has 0 unspecified atom stereocenters. The third-order valence-corrected chi connectivity index (χ3v) is 6.61. The predicted molar refractivity (Wildman–Crippen MR) is 107 cm³/mol. The van der Waals surface area contributed by atoms with Crippen molar-refractivity contribution in [1.82, 2.24) is 4.57 Å². The van der Waals surface area contributed by atoms with Crippen LogP contribution in [0, 0.1) is 22.2 Å². The van der Waals surface area contributed by atoms with E-state index in [1.807, 2.05) is 0 Å². The summed E-state index contributed by atoms with van der Waals surface area (Å²) in [5, 5.41) is 0. The fourth-order valence-electron chi connectivity index (χ4n) is 2.85. The van der Waals surface area contributed by atoms with Gasteiger partial charge in [-0.3, -0.25) is 4.79 Å². The lowest BCUT2D eigenvalue weighted by Crippen LogP contribution is -2.20. The van der Waals surface area contributed by atoms with Crippen molar-refractivity contribution < 1.29 is 9.18 Å². The van der Waals surface area contributed by atoms with Crippen molar-refractivity contribution in [2.45, 2.75) is 52.5 Å². The highest BCUT2D eigenvalue weighted by molar-refractivity contribution is 14.1. The Morgan fingerprint density at radius 3 is 2.68 bits per heavy atom. The van der Waals surface area contributed by atoms with E-state index in [0.29, 0.717) is 10.7 Å². The van der Waals surface area contributed by atoms with Gasteiger partial charge in [-0.1, -0.05) is 20.8 Å². The van der Waals surface area contributed by atoms with E-state index < -0.39 is 11.7 Å². The largest absolute Gasteiger partial charge is 0.320 e. The first kappa shape index (κ1) is 18.8. The van der Waals surface area contributed by atoms with Gasteiger partial charge < -0.3 is 4.57 Å². The van der Waals surface area contributed by atoms with Crippen LogP contribution in [0.25, 0.3) is 0 Å². The summed E-state index contributed by atoms with van der Waals surface area (Å²) in [5.74, 6) is -0.362. The van der Waals surface area contributed by atoms with Gasteiger partial charge >= 0.3 is 0 Å². The minimum Gasteiger partial charge on any atom is -0.320 e. The lowest BCUT2D eigenvalue weighted by atomic mass is 9.93. The Morgan fingerprint density at radius 2 is 2.08 bits per heavy atom. The van der Waals surface area contributed by atoms with Gasteiger partial charge in [0.1, 0.15) is 5.82 Å². The minimum atomic E-state index is -0.521. The van der Waals surface area contributed by atoms with Crippen LogP contribution in [0.3, 0.4) is 0 Å². The Balaban J connectivity index is 2.09. The molecule has 1 aromatic carbocycles. The zero-order chi connectivity index (χ0) is 18.4. The van der Waals surface area contributed by atoms with Crippen LogP contribution in [0.2, 0.25) is 0 Å². The summed E-state index contributed by atoms with van der Waals surface area (Å²) in [5.41, 5.74) is 1.19. The summed E-state index contributed by atoms with van der Waals surface area (Å²) in [6, 6.07) is 4.52. The van der Waals surface area contributed by atoms with Crippen LogP contribution in [0.5, 0.6) is 0 Å². The number of halogens is 2. The molecule has 0 atom stereocenters. The molecule has 1 aromatic heterocycles. The number of thiazole rings is 1. The van der Waals surface area contributed by atoms with Crippen molar-refractivity contribution in [3.63, 3.8) is 0 Å². The monoisotopic (exact) mass is 472 g/mol. The van der Waals surface area contributed by atoms with E-state index >= 15 is 0 Å². The Kier molecular flexibility index (Phi) is 5.21. The minimum absolute atomic E-state index is 0.00968. The maximum absolute atomic E-state index is 14.0. The number of benzene rings is 1. The number of hydrogen-bond donors (Lipinski definition) is 0. The first-order chi connectivity index (χ1) is 11.7.